The van der Waals surface area contributed by atoms with Crippen molar-refractivity contribution in [2.75, 3.05) is 37.8 Å². The molecule has 0 aliphatic heterocycles. The Morgan fingerprint density at radius 3 is 2.67 bits per heavy atom. The molecule has 0 aliphatic rings. The van der Waals surface area contributed by atoms with Crippen molar-refractivity contribution in [1.29, 1.82) is 0 Å². The molecule has 2 N–H and O–H groups in total. The number of hydrogen-bond acceptors (Lipinski definition) is 9. The molecular formula is C23H22F3N7O2S. The fourth-order valence-corrected chi connectivity index (χ4v) is 4.15. The first-order valence-corrected chi connectivity index (χ1v) is 11.6. The Balaban J connectivity index is 1.66. The van der Waals surface area contributed by atoms with Crippen LogP contribution in [0.1, 0.15) is 12.6 Å². The minimum absolute atomic E-state index is 0.0536. The van der Waals surface area contributed by atoms with Crippen LogP contribution in [0.3, 0.4) is 0 Å². The number of ether oxygens (including phenoxy) is 1. The maximum absolute atomic E-state index is 13.3. The highest BCUT2D eigenvalue weighted by Crippen LogP contribution is 2.36. The number of hydrogen-bond donors (Lipinski definition) is 2. The number of nitrogens with zero attached hydrogens (tertiary/aromatic N) is 5. The van der Waals surface area contributed by atoms with Gasteiger partial charge in [-0.1, -0.05) is 17.4 Å². The van der Waals surface area contributed by atoms with Gasteiger partial charge < -0.3 is 20.3 Å². The van der Waals surface area contributed by atoms with E-state index in [1.807, 2.05) is 25.1 Å². The zero-order valence-electron chi connectivity index (χ0n) is 19.6. The number of carbonyl (C=O) groups is 1. The Bertz CT molecular complexity index is 1390. The average molecular weight is 518 g/mol. The van der Waals surface area contributed by atoms with E-state index >= 15 is 0 Å². The Kier molecular flexibility index (Phi) is 7.31. The molecule has 0 atom stereocenters. The summed E-state index contributed by atoms with van der Waals surface area (Å²) in [5, 5.41) is 6.05. The van der Waals surface area contributed by atoms with Crippen LogP contribution in [0, 0.1) is 0 Å². The molecule has 0 bridgehead atoms. The molecule has 3 heterocycles. The summed E-state index contributed by atoms with van der Waals surface area (Å²) in [4.78, 5) is 29.8. The van der Waals surface area contributed by atoms with Crippen molar-refractivity contribution in [2.24, 2.45) is 0 Å². The Morgan fingerprint density at radius 1 is 1.14 bits per heavy atom. The number of thiazole rings is 1. The molecule has 4 rings (SSSR count). The van der Waals surface area contributed by atoms with Gasteiger partial charge in [0.25, 0.3) is 0 Å². The number of aromatic nitrogens is 4. The van der Waals surface area contributed by atoms with Gasteiger partial charge in [-0.25, -0.2) is 19.9 Å². The summed E-state index contributed by atoms with van der Waals surface area (Å²) in [6.07, 6.45) is -3.32. The van der Waals surface area contributed by atoms with Crippen LogP contribution >= 0.6 is 11.3 Å². The van der Waals surface area contributed by atoms with Crippen LogP contribution in [0.5, 0.6) is 11.6 Å². The van der Waals surface area contributed by atoms with Gasteiger partial charge in [0.2, 0.25) is 11.8 Å². The number of halogens is 3. The molecule has 0 saturated carbocycles. The predicted molar refractivity (Wildman–Crippen MR) is 131 cm³/mol. The third-order valence-electron chi connectivity index (χ3n) is 4.83. The van der Waals surface area contributed by atoms with Gasteiger partial charge in [-0.2, -0.15) is 13.2 Å². The normalized spacial score (nSPS) is 11.6. The zero-order valence-corrected chi connectivity index (χ0v) is 20.4. The molecule has 0 unspecified atom stereocenters. The minimum Gasteiger partial charge on any atom is -0.437 e. The molecule has 0 saturated heterocycles. The first-order valence-electron chi connectivity index (χ1n) is 10.7. The number of nitrogens with one attached hydrogen (secondary N) is 2. The van der Waals surface area contributed by atoms with E-state index in [1.165, 1.54) is 36.7 Å². The number of carbonyl (C=O) groups excluding carboxylic acids is 1. The van der Waals surface area contributed by atoms with Crippen molar-refractivity contribution in [3.8, 4) is 22.9 Å². The molecule has 1 amide bonds. The van der Waals surface area contributed by atoms with Crippen molar-refractivity contribution >= 4 is 38.4 Å². The third kappa shape index (κ3) is 6.04. The van der Waals surface area contributed by atoms with Gasteiger partial charge in [-0.3, -0.25) is 4.79 Å². The van der Waals surface area contributed by atoms with E-state index in [0.717, 1.165) is 10.8 Å². The zero-order chi connectivity index (χ0) is 25.9. The highest BCUT2D eigenvalue weighted by atomic mass is 32.1. The number of benzene rings is 1. The molecule has 1 aromatic carbocycles. The Hall–Kier alpha value is -3.84. The minimum atomic E-state index is -4.58. The monoisotopic (exact) mass is 517 g/mol. The van der Waals surface area contributed by atoms with E-state index in [4.69, 9.17) is 4.74 Å². The molecule has 4 aromatic rings. The molecule has 0 fully saturated rings. The molecule has 13 heteroatoms. The lowest BCUT2D eigenvalue weighted by Gasteiger charge is -2.16. The summed E-state index contributed by atoms with van der Waals surface area (Å²) >= 11 is 1.30. The third-order valence-corrected chi connectivity index (χ3v) is 5.77. The van der Waals surface area contributed by atoms with Crippen LogP contribution < -0.4 is 15.4 Å². The summed E-state index contributed by atoms with van der Waals surface area (Å²) in [7, 11) is 3.72. The Morgan fingerprint density at radius 2 is 1.94 bits per heavy atom. The molecule has 0 aliphatic carbocycles. The van der Waals surface area contributed by atoms with Crippen LogP contribution in [0.2, 0.25) is 0 Å². The van der Waals surface area contributed by atoms with Crippen LogP contribution in [-0.2, 0) is 11.0 Å². The summed E-state index contributed by atoms with van der Waals surface area (Å²) in [5.41, 5.74) is 0.231. The molecule has 9 nitrogen and oxygen atoms in total. The van der Waals surface area contributed by atoms with Crippen molar-refractivity contribution in [3.05, 3.63) is 48.4 Å². The van der Waals surface area contributed by atoms with Crippen molar-refractivity contribution < 1.29 is 22.7 Å². The van der Waals surface area contributed by atoms with Gasteiger partial charge in [0.15, 0.2) is 10.9 Å². The van der Waals surface area contributed by atoms with E-state index in [9.17, 15) is 18.0 Å². The van der Waals surface area contributed by atoms with Crippen molar-refractivity contribution in [3.63, 3.8) is 0 Å². The molecule has 0 radical (unpaired) electrons. The fraction of sp³-hybridized carbons (Fsp3) is 0.261. The lowest BCUT2D eigenvalue weighted by atomic mass is 10.1. The molecule has 188 valence electrons. The van der Waals surface area contributed by atoms with Crippen LogP contribution in [0.15, 0.2) is 42.7 Å². The molecule has 0 spiro atoms. The highest BCUT2D eigenvalue weighted by molar-refractivity contribution is 7.22. The van der Waals surface area contributed by atoms with Crippen molar-refractivity contribution in [1.82, 2.24) is 24.8 Å². The number of rotatable bonds is 8. The van der Waals surface area contributed by atoms with Gasteiger partial charge in [0, 0.05) is 31.6 Å². The van der Waals surface area contributed by atoms with E-state index in [-0.39, 0.29) is 17.6 Å². The molecule has 3 aromatic heterocycles. The van der Waals surface area contributed by atoms with Gasteiger partial charge in [0.05, 0.1) is 10.4 Å². The summed E-state index contributed by atoms with van der Waals surface area (Å²) in [6.45, 7) is 2.37. The quantitative estimate of drug-likeness (QED) is 0.340. The van der Waals surface area contributed by atoms with Crippen LogP contribution in [0.25, 0.3) is 21.5 Å². The molecular weight excluding hydrogens is 495 g/mol. The largest absolute Gasteiger partial charge is 0.437 e. The first-order chi connectivity index (χ1) is 17.1. The van der Waals surface area contributed by atoms with E-state index in [0.29, 0.717) is 40.7 Å². The SMILES string of the molecule is CC(=O)Nc1nc2c(Oc3cc(-c4ccc(C(F)(F)F)nc4NCCN(C)C)ncn3)cccc2s1. The number of amides is 1. The number of alkyl halides is 3. The van der Waals surface area contributed by atoms with Crippen LogP contribution in [-0.4, -0.2) is 57.9 Å². The number of anilines is 2. The lowest BCUT2D eigenvalue weighted by Crippen LogP contribution is -2.22. The highest BCUT2D eigenvalue weighted by Gasteiger charge is 2.33. The van der Waals surface area contributed by atoms with Gasteiger partial charge in [-0.05, 0) is 38.4 Å². The average Bonchev–Trinajstić information content (AvgIpc) is 3.21. The van der Waals surface area contributed by atoms with E-state index in [2.05, 4.69) is 30.6 Å². The topological polar surface area (TPSA) is 105 Å². The van der Waals surface area contributed by atoms with E-state index in [1.54, 1.807) is 12.1 Å². The van der Waals surface area contributed by atoms with Crippen LogP contribution in [0.4, 0.5) is 24.1 Å². The van der Waals surface area contributed by atoms with E-state index < -0.39 is 11.9 Å². The molecule has 36 heavy (non-hydrogen) atoms. The lowest BCUT2D eigenvalue weighted by molar-refractivity contribution is -0.141. The van der Waals surface area contributed by atoms with Gasteiger partial charge in [-0.15, -0.1) is 0 Å². The predicted octanol–water partition coefficient (Wildman–Crippen LogP) is 4.89. The summed E-state index contributed by atoms with van der Waals surface area (Å²) in [6, 6.07) is 9.07. The number of para-hydroxylation sites is 1. The van der Waals surface area contributed by atoms with Gasteiger partial charge >= 0.3 is 6.18 Å². The second-order valence-corrected chi connectivity index (χ2v) is 9.00. The number of likely N-dealkylation sites (N-methyl/N-ethyl adjacent to an activating group) is 1. The van der Waals surface area contributed by atoms with Gasteiger partial charge in [0.1, 0.15) is 23.4 Å². The van der Waals surface area contributed by atoms with Crippen molar-refractivity contribution in [2.45, 2.75) is 13.1 Å². The number of fused-ring (bicyclic) bond motifs is 1. The second-order valence-electron chi connectivity index (χ2n) is 7.97. The maximum Gasteiger partial charge on any atom is 0.433 e. The summed E-state index contributed by atoms with van der Waals surface area (Å²) in [5.74, 6) is 0.385. The first kappa shape index (κ1) is 25.3. The fourth-order valence-electron chi connectivity index (χ4n) is 3.22. The smallest absolute Gasteiger partial charge is 0.433 e. The number of pyridine rings is 1. The second kappa shape index (κ2) is 10.4. The standard InChI is InChI=1S/C23H22F3N7O2S/c1-13(34)30-22-32-20-16(5-4-6-17(20)36-22)35-19-11-15(28-12-29-19)14-7-8-18(23(24,25)26)31-21(14)27-9-10-33(2)3/h4-8,11-12H,9-10H2,1-3H3,(H,27,31)(H,30,32,34). The Labute approximate surface area is 208 Å². The maximum atomic E-state index is 13.3. The summed E-state index contributed by atoms with van der Waals surface area (Å²) < 4.78 is 46.6.